The zero-order chi connectivity index (χ0) is 13.0. The predicted octanol–water partition coefficient (Wildman–Crippen LogP) is 1.89. The van der Waals surface area contributed by atoms with Gasteiger partial charge in [0.15, 0.2) is 0 Å². The molecule has 2 N–H and O–H groups in total. The second kappa shape index (κ2) is 5.19. The molecule has 94 valence electrons. The van der Waals surface area contributed by atoms with Crippen LogP contribution in [-0.4, -0.2) is 19.5 Å². The van der Waals surface area contributed by atoms with Crippen LogP contribution < -0.4 is 10.6 Å². The summed E-state index contributed by atoms with van der Waals surface area (Å²) in [5, 5.41) is 15.0. The molecule has 1 aliphatic carbocycles. The van der Waals surface area contributed by atoms with Crippen LogP contribution in [0.1, 0.15) is 24.8 Å². The summed E-state index contributed by atoms with van der Waals surface area (Å²) < 4.78 is 0. The van der Waals surface area contributed by atoms with Crippen LogP contribution in [0.4, 0.5) is 5.69 Å². The van der Waals surface area contributed by atoms with Gasteiger partial charge in [0.2, 0.25) is 5.91 Å². The summed E-state index contributed by atoms with van der Waals surface area (Å²) >= 11 is 0. The fraction of sp³-hybridized carbons (Fsp3) is 0.429. The van der Waals surface area contributed by atoms with Crippen LogP contribution in [0.25, 0.3) is 0 Å². The summed E-state index contributed by atoms with van der Waals surface area (Å²) in [5.74, 6) is 0.0193. The fourth-order valence-electron chi connectivity index (χ4n) is 2.37. The van der Waals surface area contributed by atoms with Gasteiger partial charge in [-0.05, 0) is 32.0 Å². The minimum absolute atomic E-state index is 0.0193. The SMILES string of the molecule is CNCC1(C(=O)Nc2ccccc2C#N)CCC1. The maximum Gasteiger partial charge on any atom is 0.231 e. The highest BCUT2D eigenvalue weighted by Crippen LogP contribution is 2.41. The van der Waals surface area contributed by atoms with Crippen molar-refractivity contribution in [2.45, 2.75) is 19.3 Å². The number of hydrogen-bond donors (Lipinski definition) is 2. The van der Waals surface area contributed by atoms with Crippen LogP contribution >= 0.6 is 0 Å². The van der Waals surface area contributed by atoms with Gasteiger partial charge < -0.3 is 10.6 Å². The minimum Gasteiger partial charge on any atom is -0.324 e. The van der Waals surface area contributed by atoms with Gasteiger partial charge in [-0.25, -0.2) is 0 Å². The van der Waals surface area contributed by atoms with Gasteiger partial charge >= 0.3 is 0 Å². The number of anilines is 1. The van der Waals surface area contributed by atoms with E-state index in [0.717, 1.165) is 19.3 Å². The number of benzene rings is 1. The van der Waals surface area contributed by atoms with Gasteiger partial charge in [-0.15, -0.1) is 0 Å². The first-order valence-corrected chi connectivity index (χ1v) is 6.17. The average Bonchev–Trinajstić information content (AvgIpc) is 2.34. The Morgan fingerprint density at radius 1 is 1.44 bits per heavy atom. The van der Waals surface area contributed by atoms with Gasteiger partial charge in [0.05, 0.1) is 16.7 Å². The molecule has 0 atom stereocenters. The molecule has 0 radical (unpaired) electrons. The van der Waals surface area contributed by atoms with Crippen molar-refractivity contribution in [2.75, 3.05) is 18.9 Å². The smallest absolute Gasteiger partial charge is 0.231 e. The summed E-state index contributed by atoms with van der Waals surface area (Å²) in [6, 6.07) is 9.18. The van der Waals surface area contributed by atoms with Crippen molar-refractivity contribution in [1.82, 2.24) is 5.32 Å². The third-order valence-electron chi connectivity index (χ3n) is 3.60. The Hall–Kier alpha value is -1.86. The van der Waals surface area contributed by atoms with Gasteiger partial charge in [-0.3, -0.25) is 4.79 Å². The van der Waals surface area contributed by atoms with Crippen LogP contribution in [0, 0.1) is 16.7 Å². The molecule has 0 aliphatic heterocycles. The Balaban J connectivity index is 2.14. The molecule has 0 aromatic heterocycles. The lowest BCUT2D eigenvalue weighted by atomic mass is 9.68. The molecule has 1 fully saturated rings. The van der Waals surface area contributed by atoms with Gasteiger partial charge in [0, 0.05) is 6.54 Å². The summed E-state index contributed by atoms with van der Waals surface area (Å²) in [6.07, 6.45) is 2.91. The van der Waals surface area contributed by atoms with E-state index in [2.05, 4.69) is 16.7 Å². The number of carbonyl (C=O) groups is 1. The number of nitrogens with one attached hydrogen (secondary N) is 2. The van der Waals surface area contributed by atoms with Crippen molar-refractivity contribution in [3.63, 3.8) is 0 Å². The Bertz CT molecular complexity index is 486. The van der Waals surface area contributed by atoms with Gasteiger partial charge in [-0.1, -0.05) is 18.6 Å². The van der Waals surface area contributed by atoms with Crippen molar-refractivity contribution >= 4 is 11.6 Å². The number of para-hydroxylation sites is 1. The van der Waals surface area contributed by atoms with Crippen molar-refractivity contribution in [3.8, 4) is 6.07 Å². The van der Waals surface area contributed by atoms with Crippen LogP contribution in [-0.2, 0) is 4.79 Å². The lowest BCUT2D eigenvalue weighted by Gasteiger charge is -2.40. The van der Waals surface area contributed by atoms with Crippen LogP contribution in [0.3, 0.4) is 0 Å². The molecule has 1 aromatic rings. The largest absolute Gasteiger partial charge is 0.324 e. The second-order valence-electron chi connectivity index (χ2n) is 4.78. The van der Waals surface area contributed by atoms with Crippen molar-refractivity contribution < 1.29 is 4.79 Å². The van der Waals surface area contributed by atoms with E-state index in [1.165, 1.54) is 0 Å². The van der Waals surface area contributed by atoms with E-state index in [1.54, 1.807) is 18.2 Å². The summed E-state index contributed by atoms with van der Waals surface area (Å²) in [6.45, 7) is 0.688. The lowest BCUT2D eigenvalue weighted by Crippen LogP contribution is -2.48. The highest BCUT2D eigenvalue weighted by atomic mass is 16.2. The summed E-state index contributed by atoms with van der Waals surface area (Å²) in [4.78, 5) is 12.3. The van der Waals surface area contributed by atoms with Crippen molar-refractivity contribution in [3.05, 3.63) is 29.8 Å². The second-order valence-corrected chi connectivity index (χ2v) is 4.78. The molecular weight excluding hydrogens is 226 g/mol. The number of hydrogen-bond acceptors (Lipinski definition) is 3. The van der Waals surface area contributed by atoms with E-state index in [9.17, 15) is 4.79 Å². The number of nitriles is 1. The van der Waals surface area contributed by atoms with Gasteiger partial charge in [0.1, 0.15) is 6.07 Å². The number of amides is 1. The monoisotopic (exact) mass is 243 g/mol. The molecule has 18 heavy (non-hydrogen) atoms. The highest BCUT2D eigenvalue weighted by Gasteiger charge is 2.43. The van der Waals surface area contributed by atoms with Crippen LogP contribution in [0.2, 0.25) is 0 Å². The molecule has 1 saturated carbocycles. The Labute approximate surface area is 107 Å². The summed E-state index contributed by atoms with van der Waals surface area (Å²) in [5.41, 5.74) is 0.814. The van der Waals surface area contributed by atoms with Crippen LogP contribution in [0.5, 0.6) is 0 Å². The Kier molecular flexibility index (Phi) is 3.63. The third kappa shape index (κ3) is 2.22. The zero-order valence-corrected chi connectivity index (χ0v) is 10.5. The molecule has 1 aliphatic rings. The highest BCUT2D eigenvalue weighted by molar-refractivity contribution is 5.97. The third-order valence-corrected chi connectivity index (χ3v) is 3.60. The Morgan fingerprint density at radius 3 is 2.72 bits per heavy atom. The summed E-state index contributed by atoms with van der Waals surface area (Å²) in [7, 11) is 1.86. The molecule has 0 saturated heterocycles. The lowest BCUT2D eigenvalue weighted by molar-refractivity contribution is -0.129. The number of carbonyl (C=O) groups excluding carboxylic acids is 1. The standard InChI is InChI=1S/C14H17N3O/c1-16-10-14(7-4-8-14)13(18)17-12-6-3-2-5-11(12)9-15/h2-3,5-6,16H,4,7-8,10H2,1H3,(H,17,18). The number of rotatable bonds is 4. The Morgan fingerprint density at radius 2 is 2.17 bits per heavy atom. The molecule has 1 amide bonds. The molecule has 0 spiro atoms. The molecule has 2 rings (SSSR count). The first kappa shape index (κ1) is 12.6. The first-order chi connectivity index (χ1) is 8.72. The average molecular weight is 243 g/mol. The predicted molar refractivity (Wildman–Crippen MR) is 70.0 cm³/mol. The van der Waals surface area contributed by atoms with E-state index < -0.39 is 0 Å². The topological polar surface area (TPSA) is 64.9 Å². The molecular formula is C14H17N3O. The fourth-order valence-corrected chi connectivity index (χ4v) is 2.37. The number of nitrogens with zero attached hydrogens (tertiary/aromatic N) is 1. The zero-order valence-electron chi connectivity index (χ0n) is 10.5. The van der Waals surface area contributed by atoms with Gasteiger partial charge in [0.25, 0.3) is 0 Å². The molecule has 1 aromatic carbocycles. The molecule has 4 nitrogen and oxygen atoms in total. The van der Waals surface area contributed by atoms with E-state index >= 15 is 0 Å². The van der Waals surface area contributed by atoms with Crippen molar-refractivity contribution in [1.29, 1.82) is 5.26 Å². The van der Waals surface area contributed by atoms with E-state index in [4.69, 9.17) is 5.26 Å². The van der Waals surface area contributed by atoms with E-state index in [-0.39, 0.29) is 11.3 Å². The molecule has 0 unspecified atom stereocenters. The van der Waals surface area contributed by atoms with E-state index in [0.29, 0.717) is 17.8 Å². The first-order valence-electron chi connectivity index (χ1n) is 6.17. The molecule has 0 bridgehead atoms. The van der Waals surface area contributed by atoms with E-state index in [1.807, 2.05) is 13.1 Å². The quantitative estimate of drug-likeness (QED) is 0.848. The molecule has 0 heterocycles. The van der Waals surface area contributed by atoms with Crippen LogP contribution in [0.15, 0.2) is 24.3 Å². The van der Waals surface area contributed by atoms with Crippen molar-refractivity contribution in [2.24, 2.45) is 5.41 Å². The maximum absolute atomic E-state index is 12.3. The normalized spacial score (nSPS) is 16.4. The van der Waals surface area contributed by atoms with Gasteiger partial charge in [-0.2, -0.15) is 5.26 Å². The maximum atomic E-state index is 12.3. The molecule has 4 heteroatoms. The minimum atomic E-state index is -0.294.